The molecule has 0 aliphatic carbocycles. The Balaban J connectivity index is 1.30. The maximum absolute atomic E-state index is 8.94. The molecule has 0 radical (unpaired) electrons. The van der Waals surface area contributed by atoms with E-state index >= 15 is 0 Å². The molecule has 0 spiro atoms. The van der Waals surface area contributed by atoms with Crippen LogP contribution in [0.5, 0.6) is 0 Å². The molecule has 0 unspecified atom stereocenters. The maximum atomic E-state index is 8.94. The van der Waals surface area contributed by atoms with Crippen molar-refractivity contribution in [3.63, 3.8) is 0 Å². The Morgan fingerprint density at radius 1 is 0.327 bits per heavy atom. The van der Waals surface area contributed by atoms with E-state index in [-0.39, 0.29) is 29.7 Å². The fourth-order valence-corrected chi connectivity index (χ4v) is 7.76. The van der Waals surface area contributed by atoms with Gasteiger partial charge in [-0.2, -0.15) is 0 Å². The van der Waals surface area contributed by atoms with E-state index in [1.165, 1.54) is 0 Å². The highest BCUT2D eigenvalue weighted by molar-refractivity contribution is 6.25. The van der Waals surface area contributed by atoms with Crippen LogP contribution in [-0.2, 0) is 0 Å². The third-order valence-electron chi connectivity index (χ3n) is 9.77. The van der Waals surface area contributed by atoms with Gasteiger partial charge in [0.05, 0.1) is 6.85 Å². The zero-order valence-electron chi connectivity index (χ0n) is 31.3. The molecular formula is C48H30O. The molecular weight excluding hydrogens is 593 g/mol. The Morgan fingerprint density at radius 2 is 0.837 bits per heavy atom. The molecule has 49 heavy (non-hydrogen) atoms. The van der Waals surface area contributed by atoms with Crippen LogP contribution in [0.3, 0.4) is 0 Å². The molecule has 0 amide bonds. The van der Waals surface area contributed by atoms with Crippen molar-refractivity contribution in [2.24, 2.45) is 0 Å². The lowest BCUT2D eigenvalue weighted by molar-refractivity contribution is 0.669. The molecule has 0 bridgehead atoms. The molecule has 1 heteroatoms. The molecule has 0 atom stereocenters. The van der Waals surface area contributed by atoms with Crippen molar-refractivity contribution in [2.45, 2.75) is 0 Å². The van der Waals surface area contributed by atoms with E-state index < -0.39 is 6.04 Å². The minimum Gasteiger partial charge on any atom is -0.456 e. The van der Waals surface area contributed by atoms with Gasteiger partial charge in [0.25, 0.3) is 0 Å². The fourth-order valence-electron chi connectivity index (χ4n) is 7.76. The number of furan rings is 1. The van der Waals surface area contributed by atoms with Crippen LogP contribution >= 0.6 is 0 Å². The van der Waals surface area contributed by atoms with E-state index in [9.17, 15) is 0 Å². The Kier molecular flexibility index (Phi) is 5.20. The molecule has 1 nitrogen and oxygen atoms in total. The summed E-state index contributed by atoms with van der Waals surface area (Å²) in [5, 5.41) is 7.86. The van der Waals surface area contributed by atoms with Gasteiger partial charge in [-0.3, -0.25) is 0 Å². The summed E-state index contributed by atoms with van der Waals surface area (Å²) in [6.07, 6.45) is 0. The lowest BCUT2D eigenvalue weighted by atomic mass is 9.83. The number of para-hydroxylation sites is 1. The molecule has 0 aliphatic heterocycles. The predicted octanol–water partition coefficient (Wildman–Crippen LogP) is 13.7. The highest BCUT2D eigenvalue weighted by Crippen LogP contribution is 2.48. The second-order valence-electron chi connectivity index (χ2n) is 12.4. The van der Waals surface area contributed by atoms with Crippen molar-refractivity contribution < 1.29 is 11.3 Å². The van der Waals surface area contributed by atoms with Crippen LogP contribution in [0.25, 0.3) is 98.8 Å². The first kappa shape index (κ1) is 23.0. The Labute approximate surface area is 291 Å². The molecule has 228 valence electrons. The number of benzene rings is 9. The van der Waals surface area contributed by atoms with E-state index in [1.807, 2.05) is 54.6 Å². The second-order valence-corrected chi connectivity index (χ2v) is 12.4. The van der Waals surface area contributed by atoms with Gasteiger partial charge in [0, 0.05) is 16.3 Å². The highest BCUT2D eigenvalue weighted by atomic mass is 16.3. The van der Waals surface area contributed by atoms with Crippen LogP contribution in [0.4, 0.5) is 0 Å². The van der Waals surface area contributed by atoms with Gasteiger partial charge in [0.2, 0.25) is 0 Å². The molecule has 0 saturated carbocycles. The molecule has 1 aromatic heterocycles. The number of hydrogen-bond donors (Lipinski definition) is 0. The summed E-state index contributed by atoms with van der Waals surface area (Å²) in [4.78, 5) is 0. The molecule has 1 heterocycles. The zero-order valence-corrected chi connectivity index (χ0v) is 26.3. The summed E-state index contributed by atoms with van der Waals surface area (Å²) < 4.78 is 49.5. The summed E-state index contributed by atoms with van der Waals surface area (Å²) >= 11 is 0. The third kappa shape index (κ3) is 4.26. The monoisotopic (exact) mass is 627 g/mol. The van der Waals surface area contributed by atoms with Crippen LogP contribution in [-0.4, -0.2) is 0 Å². The third-order valence-corrected chi connectivity index (χ3v) is 9.77. The van der Waals surface area contributed by atoms with Gasteiger partial charge in [0.15, 0.2) is 0 Å². The minimum atomic E-state index is -0.402. The number of rotatable bonds is 4. The summed E-state index contributed by atoms with van der Waals surface area (Å²) in [5.74, 6) is 0. The van der Waals surface area contributed by atoms with Gasteiger partial charge in [0.1, 0.15) is 11.2 Å². The van der Waals surface area contributed by atoms with Gasteiger partial charge >= 0.3 is 0 Å². The van der Waals surface area contributed by atoms with Crippen molar-refractivity contribution in [2.75, 3.05) is 0 Å². The van der Waals surface area contributed by atoms with Gasteiger partial charge in [-0.15, -0.1) is 0 Å². The average molecular weight is 628 g/mol. The molecule has 0 fully saturated rings. The van der Waals surface area contributed by atoms with E-state index in [2.05, 4.69) is 97.1 Å². The lowest BCUT2D eigenvalue weighted by Crippen LogP contribution is -1.93. The molecule has 10 aromatic rings. The SMILES string of the molecule is [2H]c1c([2H])c([2H])c(-c2c3ccccc3c(-c3ccc(-c4ccc5oc6ccccc6c5c4-c4ccccc4)c4ccccc34)c3ccccc23)c([2H])c1[2H]. The second kappa shape index (κ2) is 11.1. The van der Waals surface area contributed by atoms with Crippen molar-refractivity contribution in [1.82, 2.24) is 0 Å². The first-order chi connectivity index (χ1) is 26.4. The average Bonchev–Trinajstić information content (AvgIpc) is 3.60. The highest BCUT2D eigenvalue weighted by Gasteiger charge is 2.22. The lowest BCUT2D eigenvalue weighted by Gasteiger charge is -2.20. The van der Waals surface area contributed by atoms with Crippen LogP contribution in [0.1, 0.15) is 6.85 Å². The normalized spacial score (nSPS) is 13.1. The van der Waals surface area contributed by atoms with Gasteiger partial charge in [-0.1, -0.05) is 164 Å². The van der Waals surface area contributed by atoms with Gasteiger partial charge in [-0.05, 0) is 89.5 Å². The van der Waals surface area contributed by atoms with Gasteiger partial charge < -0.3 is 4.42 Å². The Morgan fingerprint density at radius 3 is 1.51 bits per heavy atom. The molecule has 10 rings (SSSR count). The van der Waals surface area contributed by atoms with E-state index in [1.54, 1.807) is 0 Å². The smallest absolute Gasteiger partial charge is 0.136 e. The van der Waals surface area contributed by atoms with Crippen molar-refractivity contribution in [1.29, 1.82) is 0 Å². The standard InChI is InChI=1S/C48H30O/c1-3-15-31(16-4-1)45-36-21-9-11-23-38(36)47(39-24-12-10-22-37(39)45)41-28-27-35(33-19-7-8-20-34(33)41)40-29-30-44-48(42-25-13-14-26-43(42)49-44)46(40)32-17-5-2-6-18-32/h1-30H/i1D,3D,4D,15D,16D. The number of hydrogen-bond acceptors (Lipinski definition) is 1. The topological polar surface area (TPSA) is 13.1 Å². The summed E-state index contributed by atoms with van der Waals surface area (Å²) in [7, 11) is 0. The van der Waals surface area contributed by atoms with Crippen molar-refractivity contribution >= 4 is 54.3 Å². The Hall–Kier alpha value is -6.44. The van der Waals surface area contributed by atoms with Crippen LogP contribution < -0.4 is 0 Å². The van der Waals surface area contributed by atoms with Gasteiger partial charge in [-0.25, -0.2) is 0 Å². The molecule has 9 aromatic carbocycles. The Bertz CT molecular complexity index is 3080. The largest absolute Gasteiger partial charge is 0.456 e. The summed E-state index contributed by atoms with van der Waals surface area (Å²) in [6.45, 7) is 0. The first-order valence-electron chi connectivity index (χ1n) is 18.9. The predicted molar refractivity (Wildman–Crippen MR) is 208 cm³/mol. The first-order valence-corrected chi connectivity index (χ1v) is 16.4. The van der Waals surface area contributed by atoms with Crippen LogP contribution in [0, 0.1) is 0 Å². The summed E-state index contributed by atoms with van der Waals surface area (Å²) in [5.41, 5.74) is 9.05. The zero-order chi connectivity index (χ0) is 36.7. The number of fused-ring (bicyclic) bond motifs is 6. The van der Waals surface area contributed by atoms with E-state index in [4.69, 9.17) is 11.3 Å². The minimum absolute atomic E-state index is 0.204. The van der Waals surface area contributed by atoms with Crippen molar-refractivity contribution in [3.05, 3.63) is 182 Å². The maximum Gasteiger partial charge on any atom is 0.136 e. The quantitative estimate of drug-likeness (QED) is 0.177. The summed E-state index contributed by atoms with van der Waals surface area (Å²) in [6, 6.07) is 50.4. The molecule has 0 saturated heterocycles. The fraction of sp³-hybridized carbons (Fsp3) is 0. The van der Waals surface area contributed by atoms with E-state index in [0.29, 0.717) is 5.56 Å². The molecule has 0 aliphatic rings. The van der Waals surface area contributed by atoms with Crippen molar-refractivity contribution in [3.8, 4) is 44.5 Å². The van der Waals surface area contributed by atoms with E-state index in [0.717, 1.165) is 87.6 Å². The van der Waals surface area contributed by atoms with Crippen LogP contribution in [0.15, 0.2) is 186 Å². The molecule has 0 N–H and O–H groups in total. The van der Waals surface area contributed by atoms with Crippen LogP contribution in [0.2, 0.25) is 0 Å².